The van der Waals surface area contributed by atoms with E-state index in [1.165, 1.54) is 11.6 Å². The lowest BCUT2D eigenvalue weighted by Gasteiger charge is -2.38. The van der Waals surface area contributed by atoms with Crippen LogP contribution in [0.15, 0.2) is 76.3 Å². The highest BCUT2D eigenvalue weighted by atomic mass is 79.9. The molecular formula is C23H18BrN3O3. The summed E-state index contributed by atoms with van der Waals surface area (Å²) in [6.07, 6.45) is 0.202. The van der Waals surface area contributed by atoms with Crippen LogP contribution in [0.4, 0.5) is 5.69 Å². The second kappa shape index (κ2) is 7.25. The van der Waals surface area contributed by atoms with E-state index in [0.717, 1.165) is 33.5 Å². The summed E-state index contributed by atoms with van der Waals surface area (Å²) in [6, 6.07) is 20.8. The highest BCUT2D eigenvalue weighted by Gasteiger charge is 2.41. The molecular weight excluding hydrogens is 446 g/mol. The van der Waals surface area contributed by atoms with Gasteiger partial charge >= 0.3 is 0 Å². The van der Waals surface area contributed by atoms with Crippen LogP contribution in [0.5, 0.6) is 5.75 Å². The first kappa shape index (κ1) is 18.8. The minimum absolute atomic E-state index is 0.00758. The van der Waals surface area contributed by atoms with Gasteiger partial charge in [-0.15, -0.1) is 0 Å². The number of non-ortho nitro benzene ring substituents is 1. The molecule has 0 saturated heterocycles. The van der Waals surface area contributed by atoms with Gasteiger partial charge in [-0.1, -0.05) is 57.9 Å². The number of hydrogen-bond acceptors (Lipinski definition) is 5. The lowest BCUT2D eigenvalue weighted by Crippen LogP contribution is -2.33. The first-order valence-electron chi connectivity index (χ1n) is 9.63. The molecule has 0 spiro atoms. The molecule has 0 saturated carbocycles. The van der Waals surface area contributed by atoms with Gasteiger partial charge in [-0.25, -0.2) is 5.01 Å². The molecule has 5 rings (SSSR count). The van der Waals surface area contributed by atoms with Crippen LogP contribution < -0.4 is 4.74 Å². The summed E-state index contributed by atoms with van der Waals surface area (Å²) in [5.41, 5.74) is 5.04. The normalized spacial score (nSPS) is 19.5. The van der Waals surface area contributed by atoms with Gasteiger partial charge in [0.05, 0.1) is 16.7 Å². The Morgan fingerprint density at radius 1 is 1.13 bits per heavy atom. The van der Waals surface area contributed by atoms with Crippen molar-refractivity contribution in [2.24, 2.45) is 5.10 Å². The van der Waals surface area contributed by atoms with Crippen molar-refractivity contribution in [2.45, 2.75) is 25.6 Å². The minimum atomic E-state index is -0.536. The molecule has 0 amide bonds. The molecule has 3 aromatic rings. The van der Waals surface area contributed by atoms with Crippen LogP contribution in [0.25, 0.3) is 0 Å². The maximum absolute atomic E-state index is 11.3. The van der Waals surface area contributed by atoms with Crippen molar-refractivity contribution in [1.82, 2.24) is 5.01 Å². The number of nitro benzene ring substituents is 1. The van der Waals surface area contributed by atoms with Gasteiger partial charge in [0.15, 0.2) is 0 Å². The first-order chi connectivity index (χ1) is 14.5. The molecule has 0 bridgehead atoms. The van der Waals surface area contributed by atoms with Crippen molar-refractivity contribution in [1.29, 1.82) is 0 Å². The summed E-state index contributed by atoms with van der Waals surface area (Å²) in [6.45, 7) is 2.06. The number of benzene rings is 3. The van der Waals surface area contributed by atoms with E-state index < -0.39 is 6.23 Å². The number of hydrazone groups is 1. The molecule has 3 aromatic carbocycles. The predicted octanol–water partition coefficient (Wildman–Crippen LogP) is 5.91. The molecule has 0 N–H and O–H groups in total. The summed E-state index contributed by atoms with van der Waals surface area (Å²) in [5, 5.41) is 18.1. The van der Waals surface area contributed by atoms with Gasteiger partial charge < -0.3 is 4.74 Å². The fourth-order valence-electron chi connectivity index (χ4n) is 3.99. The second-order valence-electron chi connectivity index (χ2n) is 7.52. The van der Waals surface area contributed by atoms with Gasteiger partial charge in [0.1, 0.15) is 5.75 Å². The Morgan fingerprint density at radius 2 is 1.93 bits per heavy atom. The third-order valence-corrected chi connectivity index (χ3v) is 6.00. The van der Waals surface area contributed by atoms with Gasteiger partial charge in [0.2, 0.25) is 6.23 Å². The third kappa shape index (κ3) is 3.25. The Bertz CT molecular complexity index is 1180. The van der Waals surface area contributed by atoms with Crippen molar-refractivity contribution in [2.75, 3.05) is 0 Å². The zero-order valence-corrected chi connectivity index (χ0v) is 17.7. The van der Waals surface area contributed by atoms with E-state index in [1.807, 2.05) is 23.2 Å². The molecule has 0 radical (unpaired) electrons. The quantitative estimate of drug-likeness (QED) is 0.357. The number of aryl methyl sites for hydroxylation is 1. The number of nitrogens with zero attached hydrogens (tertiary/aromatic N) is 3. The lowest BCUT2D eigenvalue weighted by atomic mass is 9.95. The molecule has 150 valence electrons. The highest BCUT2D eigenvalue weighted by molar-refractivity contribution is 9.10. The van der Waals surface area contributed by atoms with Crippen LogP contribution >= 0.6 is 15.9 Å². The molecule has 30 heavy (non-hydrogen) atoms. The van der Waals surface area contributed by atoms with Crippen LogP contribution in [-0.2, 0) is 0 Å². The average Bonchev–Trinajstić information content (AvgIpc) is 3.19. The fourth-order valence-corrected chi connectivity index (χ4v) is 4.37. The monoisotopic (exact) mass is 463 g/mol. The topological polar surface area (TPSA) is 68.0 Å². The van der Waals surface area contributed by atoms with Crippen molar-refractivity contribution < 1.29 is 9.66 Å². The maximum Gasteiger partial charge on any atom is 0.269 e. The van der Waals surface area contributed by atoms with E-state index >= 15 is 0 Å². The number of halogens is 1. The third-order valence-electron chi connectivity index (χ3n) is 5.50. The number of hydrogen-bond donors (Lipinski definition) is 0. The maximum atomic E-state index is 11.3. The molecule has 2 atom stereocenters. The first-order valence-corrected chi connectivity index (χ1v) is 10.4. The number of rotatable bonds is 3. The van der Waals surface area contributed by atoms with E-state index in [9.17, 15) is 10.1 Å². The minimum Gasteiger partial charge on any atom is -0.464 e. The summed E-state index contributed by atoms with van der Waals surface area (Å²) in [7, 11) is 0. The number of nitro groups is 1. The SMILES string of the molecule is Cc1ccc(C2=NN3[C@@H](C2)c2cc(Br)ccc2O[C@H]3c2cccc([N+](=O)[O-])c2)cc1. The van der Waals surface area contributed by atoms with E-state index in [-0.39, 0.29) is 16.7 Å². The Hall–Kier alpha value is -3.19. The Balaban J connectivity index is 1.60. The largest absolute Gasteiger partial charge is 0.464 e. The van der Waals surface area contributed by atoms with Crippen LogP contribution in [0.2, 0.25) is 0 Å². The standard InChI is InChI=1S/C23H18BrN3O3/c1-14-5-7-15(8-6-14)20-13-21-19-12-17(24)9-10-22(19)30-23(26(21)25-20)16-3-2-4-18(11-16)27(28)29/h2-12,21,23H,13H2,1H3/t21-,23-/m0/s1. The van der Waals surface area contributed by atoms with Gasteiger partial charge in [-0.3, -0.25) is 10.1 Å². The number of ether oxygens (including phenoxy) is 1. The van der Waals surface area contributed by atoms with E-state index in [4.69, 9.17) is 9.84 Å². The molecule has 2 aliphatic rings. The average molecular weight is 464 g/mol. The highest BCUT2D eigenvalue weighted by Crippen LogP contribution is 2.48. The van der Waals surface area contributed by atoms with Crippen molar-refractivity contribution in [3.05, 3.63) is 104 Å². The van der Waals surface area contributed by atoms with Crippen LogP contribution in [0, 0.1) is 17.0 Å². The van der Waals surface area contributed by atoms with Crippen molar-refractivity contribution >= 4 is 27.3 Å². The molecule has 0 fully saturated rings. The zero-order chi connectivity index (χ0) is 20.8. The molecule has 0 aromatic heterocycles. The lowest BCUT2D eigenvalue weighted by molar-refractivity contribution is -0.385. The van der Waals surface area contributed by atoms with Gasteiger partial charge in [-0.2, -0.15) is 5.10 Å². The molecule has 2 aliphatic heterocycles. The smallest absolute Gasteiger partial charge is 0.269 e. The second-order valence-corrected chi connectivity index (χ2v) is 8.43. The van der Waals surface area contributed by atoms with Crippen LogP contribution in [0.1, 0.15) is 40.9 Å². The molecule has 0 aliphatic carbocycles. The van der Waals surface area contributed by atoms with Crippen LogP contribution in [-0.4, -0.2) is 15.6 Å². The number of fused-ring (bicyclic) bond motifs is 3. The van der Waals surface area contributed by atoms with Gasteiger partial charge in [0, 0.05) is 34.2 Å². The summed E-state index contributed by atoms with van der Waals surface area (Å²) < 4.78 is 7.27. The summed E-state index contributed by atoms with van der Waals surface area (Å²) >= 11 is 3.55. The van der Waals surface area contributed by atoms with E-state index in [0.29, 0.717) is 5.56 Å². The zero-order valence-electron chi connectivity index (χ0n) is 16.2. The molecule has 2 heterocycles. The molecule has 7 heteroatoms. The predicted molar refractivity (Wildman–Crippen MR) is 118 cm³/mol. The fraction of sp³-hybridized carbons (Fsp3) is 0.174. The summed E-state index contributed by atoms with van der Waals surface area (Å²) in [5.74, 6) is 0.774. The summed E-state index contributed by atoms with van der Waals surface area (Å²) in [4.78, 5) is 10.9. The van der Waals surface area contributed by atoms with Crippen molar-refractivity contribution in [3.63, 3.8) is 0 Å². The molecule has 6 nitrogen and oxygen atoms in total. The van der Waals surface area contributed by atoms with Crippen LogP contribution in [0.3, 0.4) is 0 Å². The Labute approximate surface area is 182 Å². The molecule has 0 unspecified atom stereocenters. The van der Waals surface area contributed by atoms with Gasteiger partial charge in [-0.05, 0) is 30.7 Å². The van der Waals surface area contributed by atoms with E-state index in [1.54, 1.807) is 12.1 Å². The van der Waals surface area contributed by atoms with E-state index in [2.05, 4.69) is 53.2 Å². The Kier molecular flexibility index (Phi) is 4.55. The van der Waals surface area contributed by atoms with Crippen molar-refractivity contribution in [3.8, 4) is 5.75 Å². The Morgan fingerprint density at radius 3 is 2.70 bits per heavy atom. The van der Waals surface area contributed by atoms with Gasteiger partial charge in [0.25, 0.3) is 5.69 Å².